The number of fused-ring (bicyclic) bond motifs is 1. The Bertz CT molecular complexity index is 494. The molecule has 0 aromatic carbocycles. The molecule has 1 unspecified atom stereocenters. The predicted molar refractivity (Wildman–Crippen MR) is 60.5 cm³/mol. The number of nitrogens with zero attached hydrogens (tertiary/aromatic N) is 2. The van der Waals surface area contributed by atoms with Gasteiger partial charge in [-0.2, -0.15) is 13.2 Å². The van der Waals surface area contributed by atoms with Gasteiger partial charge < -0.3 is 15.0 Å². The van der Waals surface area contributed by atoms with Crippen LogP contribution in [0.25, 0.3) is 0 Å². The molecule has 106 valence electrons. The summed E-state index contributed by atoms with van der Waals surface area (Å²) in [6, 6.07) is 0. The summed E-state index contributed by atoms with van der Waals surface area (Å²) in [7, 11) is 0. The highest BCUT2D eigenvalue weighted by Crippen LogP contribution is 2.31. The molecule has 1 atom stereocenters. The highest BCUT2D eigenvalue weighted by molar-refractivity contribution is 5.96. The molecule has 2 rings (SSSR count). The first-order valence-electron chi connectivity index (χ1n) is 5.88. The number of imidazole rings is 1. The first-order valence-corrected chi connectivity index (χ1v) is 5.88. The van der Waals surface area contributed by atoms with Crippen molar-refractivity contribution in [2.24, 2.45) is 0 Å². The molecule has 8 heteroatoms. The second-order valence-corrected chi connectivity index (χ2v) is 4.69. The number of aliphatic hydroxyl groups is 1. The summed E-state index contributed by atoms with van der Waals surface area (Å²) in [5.74, 6) is -0.592. The maximum Gasteiger partial charge on any atom is 0.426 e. The minimum Gasteiger partial charge on any atom is -0.373 e. The number of aromatic nitrogens is 2. The van der Waals surface area contributed by atoms with E-state index in [4.69, 9.17) is 0 Å². The molecule has 1 amide bonds. The molecule has 1 aromatic rings. The van der Waals surface area contributed by atoms with Crippen LogP contribution >= 0.6 is 0 Å². The van der Waals surface area contributed by atoms with Crippen molar-refractivity contribution in [3.63, 3.8) is 0 Å². The van der Waals surface area contributed by atoms with Crippen molar-refractivity contribution in [1.82, 2.24) is 9.55 Å². The number of carbonyl (C=O) groups excluding carboxylic acids is 1. The van der Waals surface area contributed by atoms with Crippen molar-refractivity contribution in [2.75, 3.05) is 5.32 Å². The molecule has 2 heterocycles. The van der Waals surface area contributed by atoms with Crippen LogP contribution in [0.15, 0.2) is 6.20 Å². The van der Waals surface area contributed by atoms with Crippen LogP contribution in [0.1, 0.15) is 25.6 Å². The monoisotopic (exact) mass is 277 g/mol. The molecule has 0 bridgehead atoms. The van der Waals surface area contributed by atoms with Crippen molar-refractivity contribution in [2.45, 2.75) is 44.5 Å². The van der Waals surface area contributed by atoms with Gasteiger partial charge in [-0.1, -0.05) is 0 Å². The third kappa shape index (κ3) is 2.44. The van der Waals surface area contributed by atoms with E-state index >= 15 is 0 Å². The Hall–Kier alpha value is -1.57. The molecule has 0 saturated carbocycles. The van der Waals surface area contributed by atoms with Crippen molar-refractivity contribution in [3.05, 3.63) is 12.0 Å². The number of nitrogens with one attached hydrogen (secondary N) is 1. The predicted octanol–water partition coefficient (Wildman–Crippen LogP) is 1.47. The first kappa shape index (κ1) is 13.9. The number of aryl methyl sites for hydroxylation is 1. The normalized spacial score (nSPS) is 18.6. The zero-order chi connectivity index (χ0) is 14.3. The smallest absolute Gasteiger partial charge is 0.373 e. The number of anilines is 1. The third-order valence-corrected chi connectivity index (χ3v) is 3.21. The Morgan fingerprint density at radius 3 is 2.79 bits per heavy atom. The topological polar surface area (TPSA) is 67.2 Å². The number of rotatable bonds is 2. The van der Waals surface area contributed by atoms with E-state index < -0.39 is 17.7 Å². The highest BCUT2D eigenvalue weighted by Gasteiger charge is 2.55. The molecular formula is C11H14F3N3O2. The Balaban J connectivity index is 2.18. The lowest BCUT2D eigenvalue weighted by molar-refractivity contribution is -0.242. The number of alkyl halides is 3. The molecule has 1 aromatic heterocycles. The van der Waals surface area contributed by atoms with Crippen LogP contribution < -0.4 is 5.32 Å². The third-order valence-electron chi connectivity index (χ3n) is 3.21. The van der Waals surface area contributed by atoms with E-state index in [9.17, 15) is 23.1 Å². The lowest BCUT2D eigenvalue weighted by Crippen LogP contribution is -2.52. The SMILES string of the molecule is CC(O)(C(=O)Nc1cnc2n1CCCC2)C(F)(F)F. The summed E-state index contributed by atoms with van der Waals surface area (Å²) in [5, 5.41) is 11.3. The first-order chi connectivity index (χ1) is 8.73. The summed E-state index contributed by atoms with van der Waals surface area (Å²) in [6.45, 7) is 1.02. The van der Waals surface area contributed by atoms with Crippen LogP contribution in [0.2, 0.25) is 0 Å². The Morgan fingerprint density at radius 1 is 1.47 bits per heavy atom. The van der Waals surface area contributed by atoms with Gasteiger partial charge in [-0.25, -0.2) is 4.98 Å². The van der Waals surface area contributed by atoms with E-state index in [1.807, 2.05) is 0 Å². The van der Waals surface area contributed by atoms with Crippen LogP contribution in [-0.2, 0) is 17.8 Å². The van der Waals surface area contributed by atoms with Gasteiger partial charge in [-0.15, -0.1) is 0 Å². The summed E-state index contributed by atoms with van der Waals surface area (Å²) < 4.78 is 39.2. The van der Waals surface area contributed by atoms with E-state index in [1.54, 1.807) is 4.57 Å². The number of hydrogen-bond donors (Lipinski definition) is 2. The minimum absolute atomic E-state index is 0.184. The molecule has 1 aliphatic rings. The van der Waals surface area contributed by atoms with E-state index in [0.29, 0.717) is 13.5 Å². The van der Waals surface area contributed by atoms with Gasteiger partial charge in [0.1, 0.15) is 11.6 Å². The van der Waals surface area contributed by atoms with Crippen LogP contribution in [0, 0.1) is 0 Å². The highest BCUT2D eigenvalue weighted by atomic mass is 19.4. The van der Waals surface area contributed by atoms with Crippen LogP contribution in [0.4, 0.5) is 19.0 Å². The zero-order valence-corrected chi connectivity index (χ0v) is 10.3. The summed E-state index contributed by atoms with van der Waals surface area (Å²) in [6.07, 6.45) is -1.15. The van der Waals surface area contributed by atoms with Gasteiger partial charge in [0, 0.05) is 13.0 Å². The second kappa shape index (κ2) is 4.52. The van der Waals surface area contributed by atoms with Crippen LogP contribution in [0.3, 0.4) is 0 Å². The van der Waals surface area contributed by atoms with Crippen LogP contribution in [-0.4, -0.2) is 32.3 Å². The average molecular weight is 277 g/mol. The number of amides is 1. The summed E-state index contributed by atoms with van der Waals surface area (Å²) in [4.78, 5) is 15.6. The number of carbonyl (C=O) groups is 1. The van der Waals surface area contributed by atoms with Gasteiger partial charge in [0.2, 0.25) is 5.60 Å². The van der Waals surface area contributed by atoms with E-state index in [2.05, 4.69) is 10.3 Å². The van der Waals surface area contributed by atoms with Gasteiger partial charge >= 0.3 is 6.18 Å². The fourth-order valence-corrected chi connectivity index (χ4v) is 1.88. The summed E-state index contributed by atoms with van der Waals surface area (Å²) >= 11 is 0. The van der Waals surface area contributed by atoms with Gasteiger partial charge in [-0.05, 0) is 19.8 Å². The van der Waals surface area contributed by atoms with E-state index in [0.717, 1.165) is 25.1 Å². The molecule has 2 N–H and O–H groups in total. The van der Waals surface area contributed by atoms with Crippen molar-refractivity contribution in [1.29, 1.82) is 0 Å². The van der Waals surface area contributed by atoms with Gasteiger partial charge in [0.05, 0.1) is 6.20 Å². The second-order valence-electron chi connectivity index (χ2n) is 4.69. The lowest BCUT2D eigenvalue weighted by Gasteiger charge is -2.25. The van der Waals surface area contributed by atoms with Gasteiger partial charge in [-0.3, -0.25) is 4.79 Å². The Kier molecular flexibility index (Phi) is 3.29. The molecule has 0 saturated heterocycles. The fraction of sp³-hybridized carbons (Fsp3) is 0.636. The number of hydrogen-bond acceptors (Lipinski definition) is 3. The lowest BCUT2D eigenvalue weighted by atomic mass is 10.1. The molecule has 1 aliphatic heterocycles. The fourth-order valence-electron chi connectivity index (χ4n) is 1.88. The number of halogens is 3. The van der Waals surface area contributed by atoms with E-state index in [1.165, 1.54) is 6.20 Å². The van der Waals surface area contributed by atoms with Crippen molar-refractivity contribution in [3.8, 4) is 0 Å². The molecule has 0 spiro atoms. The maximum atomic E-state index is 12.5. The molecule has 19 heavy (non-hydrogen) atoms. The van der Waals surface area contributed by atoms with Crippen molar-refractivity contribution < 1.29 is 23.1 Å². The molecule has 0 aliphatic carbocycles. The van der Waals surface area contributed by atoms with Gasteiger partial charge in [0.15, 0.2) is 0 Å². The minimum atomic E-state index is -5.03. The Labute approximate surface area is 107 Å². The maximum absolute atomic E-state index is 12.5. The molecule has 0 radical (unpaired) electrons. The summed E-state index contributed by atoms with van der Waals surface area (Å²) in [5.41, 5.74) is -3.42. The quantitative estimate of drug-likeness (QED) is 0.860. The van der Waals surface area contributed by atoms with Crippen molar-refractivity contribution >= 4 is 11.7 Å². The van der Waals surface area contributed by atoms with E-state index in [-0.39, 0.29) is 5.82 Å². The average Bonchev–Trinajstić information content (AvgIpc) is 2.71. The Morgan fingerprint density at radius 2 is 2.16 bits per heavy atom. The standard InChI is InChI=1S/C11H14F3N3O2/c1-10(19,11(12,13)14)9(18)16-8-6-15-7-4-2-3-5-17(7)8/h6,19H,2-5H2,1H3,(H,16,18). The largest absolute Gasteiger partial charge is 0.426 e. The van der Waals surface area contributed by atoms with Crippen LogP contribution in [0.5, 0.6) is 0 Å². The molecule has 5 nitrogen and oxygen atoms in total. The molecular weight excluding hydrogens is 263 g/mol. The van der Waals surface area contributed by atoms with Gasteiger partial charge in [0.25, 0.3) is 5.91 Å². The zero-order valence-electron chi connectivity index (χ0n) is 10.3. The molecule has 0 fully saturated rings.